The Hall–Kier alpha value is -3.19. The van der Waals surface area contributed by atoms with Gasteiger partial charge >= 0.3 is 0 Å². The molecule has 2 heterocycles. The van der Waals surface area contributed by atoms with Crippen LogP contribution in [-0.4, -0.2) is 33.7 Å². The predicted molar refractivity (Wildman–Crippen MR) is 110 cm³/mol. The van der Waals surface area contributed by atoms with Crippen molar-refractivity contribution in [3.05, 3.63) is 93.6 Å². The highest BCUT2D eigenvalue weighted by Crippen LogP contribution is 2.13. The summed E-state index contributed by atoms with van der Waals surface area (Å²) in [5.41, 5.74) is -0.0561. The van der Waals surface area contributed by atoms with Crippen molar-refractivity contribution in [3.8, 4) is 5.75 Å². The number of thiophene rings is 1. The van der Waals surface area contributed by atoms with Gasteiger partial charge in [-0.05, 0) is 29.6 Å². The molecular weight excluding hydrogens is 374 g/mol. The van der Waals surface area contributed by atoms with Gasteiger partial charge in [-0.2, -0.15) is 5.10 Å². The number of nitrogens with zero attached hydrogens (tertiary/aromatic N) is 3. The van der Waals surface area contributed by atoms with Gasteiger partial charge in [0.1, 0.15) is 18.1 Å². The molecule has 0 aliphatic heterocycles. The molecule has 0 bridgehead atoms. The van der Waals surface area contributed by atoms with E-state index in [0.29, 0.717) is 13.1 Å². The maximum absolute atomic E-state index is 12.9. The standard InChI is InChI=1S/C21H21N3O3S/c1-2-12-23(16-18-9-6-15-28-18)21(26)19-10-11-20(25)24(22-19)13-14-27-17-7-4-3-5-8-17/h2-11,15H,1,12-14,16H2. The third kappa shape index (κ3) is 5.17. The van der Waals surface area contributed by atoms with E-state index in [1.807, 2.05) is 47.8 Å². The maximum atomic E-state index is 12.9. The van der Waals surface area contributed by atoms with Crippen molar-refractivity contribution in [1.29, 1.82) is 0 Å². The molecule has 3 aromatic rings. The second kappa shape index (κ2) is 9.66. The van der Waals surface area contributed by atoms with Crippen molar-refractivity contribution in [2.24, 2.45) is 0 Å². The number of ether oxygens (including phenoxy) is 1. The lowest BCUT2D eigenvalue weighted by Crippen LogP contribution is -2.34. The van der Waals surface area contributed by atoms with Crippen LogP contribution in [0.5, 0.6) is 5.75 Å². The smallest absolute Gasteiger partial charge is 0.274 e. The average Bonchev–Trinajstić information content (AvgIpc) is 3.22. The topological polar surface area (TPSA) is 64.4 Å². The van der Waals surface area contributed by atoms with Crippen LogP contribution in [0, 0.1) is 0 Å². The second-order valence-corrected chi connectivity index (χ2v) is 7.03. The molecule has 3 rings (SSSR count). The van der Waals surface area contributed by atoms with Crippen molar-refractivity contribution >= 4 is 17.2 Å². The van der Waals surface area contributed by atoms with Gasteiger partial charge in [0.15, 0.2) is 0 Å². The zero-order valence-electron chi connectivity index (χ0n) is 15.4. The molecule has 0 aliphatic carbocycles. The van der Waals surface area contributed by atoms with Gasteiger partial charge < -0.3 is 9.64 Å². The van der Waals surface area contributed by atoms with E-state index < -0.39 is 0 Å². The molecule has 0 aliphatic rings. The number of rotatable bonds is 9. The fraction of sp³-hybridized carbons (Fsp3) is 0.190. The van der Waals surface area contributed by atoms with Gasteiger partial charge in [-0.25, -0.2) is 4.68 Å². The molecule has 28 heavy (non-hydrogen) atoms. The lowest BCUT2D eigenvalue weighted by molar-refractivity contribution is 0.0755. The lowest BCUT2D eigenvalue weighted by atomic mass is 10.3. The molecule has 1 amide bonds. The van der Waals surface area contributed by atoms with E-state index in [2.05, 4.69) is 11.7 Å². The minimum atomic E-state index is -0.276. The van der Waals surface area contributed by atoms with Crippen molar-refractivity contribution < 1.29 is 9.53 Å². The molecule has 6 nitrogen and oxygen atoms in total. The summed E-state index contributed by atoms with van der Waals surface area (Å²) in [6.07, 6.45) is 1.68. The third-order valence-corrected chi connectivity index (χ3v) is 4.83. The Labute approximate surface area is 167 Å². The molecule has 7 heteroatoms. The molecule has 0 saturated heterocycles. The van der Waals surface area contributed by atoms with Crippen LogP contribution >= 0.6 is 11.3 Å². The number of hydrogen-bond donors (Lipinski definition) is 0. The largest absolute Gasteiger partial charge is 0.492 e. The van der Waals surface area contributed by atoms with Gasteiger partial charge in [-0.15, -0.1) is 17.9 Å². The average molecular weight is 395 g/mol. The van der Waals surface area contributed by atoms with Crippen LogP contribution in [0.4, 0.5) is 0 Å². The second-order valence-electron chi connectivity index (χ2n) is 6.00. The summed E-state index contributed by atoms with van der Waals surface area (Å²) in [5, 5.41) is 6.21. The molecule has 0 radical (unpaired) electrons. The predicted octanol–water partition coefficient (Wildman–Crippen LogP) is 3.21. The highest BCUT2D eigenvalue weighted by atomic mass is 32.1. The Morgan fingerprint density at radius 1 is 1.18 bits per heavy atom. The number of para-hydroxylation sites is 1. The van der Waals surface area contributed by atoms with Gasteiger partial charge in [0.2, 0.25) is 0 Å². The van der Waals surface area contributed by atoms with Crippen molar-refractivity contribution in [2.75, 3.05) is 13.2 Å². The van der Waals surface area contributed by atoms with Crippen LogP contribution < -0.4 is 10.3 Å². The molecule has 0 saturated carbocycles. The first kappa shape index (κ1) is 19.6. The Balaban J connectivity index is 1.70. The summed E-state index contributed by atoms with van der Waals surface area (Å²) in [5.74, 6) is 0.474. The fourth-order valence-electron chi connectivity index (χ4n) is 2.62. The number of benzene rings is 1. The summed E-state index contributed by atoms with van der Waals surface area (Å²) in [4.78, 5) is 27.7. The number of hydrogen-bond acceptors (Lipinski definition) is 5. The zero-order chi connectivity index (χ0) is 19.8. The van der Waals surface area contributed by atoms with Crippen LogP contribution in [0.25, 0.3) is 0 Å². The van der Waals surface area contributed by atoms with Gasteiger partial charge in [0.25, 0.3) is 11.5 Å². The van der Waals surface area contributed by atoms with Crippen LogP contribution in [0.1, 0.15) is 15.4 Å². The van der Waals surface area contributed by atoms with E-state index >= 15 is 0 Å². The third-order valence-electron chi connectivity index (χ3n) is 3.96. The molecule has 0 unspecified atom stereocenters. The zero-order valence-corrected chi connectivity index (χ0v) is 16.2. The summed E-state index contributed by atoms with van der Waals surface area (Å²) >= 11 is 1.58. The van der Waals surface area contributed by atoms with Crippen molar-refractivity contribution in [2.45, 2.75) is 13.1 Å². The summed E-state index contributed by atoms with van der Waals surface area (Å²) in [6, 6.07) is 16.1. The van der Waals surface area contributed by atoms with E-state index in [-0.39, 0.29) is 30.3 Å². The minimum Gasteiger partial charge on any atom is -0.492 e. The normalized spacial score (nSPS) is 10.4. The first-order chi connectivity index (χ1) is 13.7. The minimum absolute atomic E-state index is 0.220. The van der Waals surface area contributed by atoms with Crippen molar-refractivity contribution in [3.63, 3.8) is 0 Å². The first-order valence-electron chi connectivity index (χ1n) is 8.86. The Kier molecular flexibility index (Phi) is 6.75. The first-order valence-corrected chi connectivity index (χ1v) is 9.74. The Morgan fingerprint density at radius 3 is 2.71 bits per heavy atom. The van der Waals surface area contributed by atoms with E-state index in [0.717, 1.165) is 10.6 Å². The monoisotopic (exact) mass is 395 g/mol. The number of amides is 1. The lowest BCUT2D eigenvalue weighted by Gasteiger charge is -2.20. The quantitative estimate of drug-likeness (QED) is 0.522. The molecule has 2 aromatic heterocycles. The van der Waals surface area contributed by atoms with Gasteiger partial charge in [0, 0.05) is 17.5 Å². The van der Waals surface area contributed by atoms with Gasteiger partial charge in [-0.1, -0.05) is 30.3 Å². The van der Waals surface area contributed by atoms with Crippen LogP contribution in [0.15, 0.2) is 77.4 Å². The molecule has 0 fully saturated rings. The van der Waals surface area contributed by atoms with Crippen LogP contribution in [0.2, 0.25) is 0 Å². The van der Waals surface area contributed by atoms with Gasteiger partial charge in [0.05, 0.1) is 13.1 Å². The van der Waals surface area contributed by atoms with E-state index in [1.54, 1.807) is 22.3 Å². The highest BCUT2D eigenvalue weighted by Gasteiger charge is 2.18. The van der Waals surface area contributed by atoms with E-state index in [1.165, 1.54) is 16.8 Å². The fourth-order valence-corrected chi connectivity index (χ4v) is 3.34. The molecule has 0 N–H and O–H groups in total. The number of carbonyl (C=O) groups excluding carboxylic acids is 1. The molecule has 144 valence electrons. The van der Waals surface area contributed by atoms with Gasteiger partial charge in [-0.3, -0.25) is 9.59 Å². The number of carbonyl (C=O) groups is 1. The summed E-state index contributed by atoms with van der Waals surface area (Å²) in [6.45, 7) is 5.12. The molecule has 0 atom stereocenters. The Morgan fingerprint density at radius 2 is 2.00 bits per heavy atom. The highest BCUT2D eigenvalue weighted by molar-refractivity contribution is 7.09. The summed E-state index contributed by atoms with van der Waals surface area (Å²) < 4.78 is 6.87. The summed E-state index contributed by atoms with van der Waals surface area (Å²) in [7, 11) is 0. The van der Waals surface area contributed by atoms with E-state index in [9.17, 15) is 9.59 Å². The van der Waals surface area contributed by atoms with Crippen molar-refractivity contribution in [1.82, 2.24) is 14.7 Å². The molecular formula is C21H21N3O3S. The molecule has 1 aromatic carbocycles. The maximum Gasteiger partial charge on any atom is 0.274 e. The molecule has 0 spiro atoms. The van der Waals surface area contributed by atoms with Crippen LogP contribution in [-0.2, 0) is 13.1 Å². The van der Waals surface area contributed by atoms with E-state index in [4.69, 9.17) is 4.74 Å². The Bertz CT molecular complexity index is 968. The van der Waals surface area contributed by atoms with Crippen LogP contribution in [0.3, 0.4) is 0 Å². The number of aromatic nitrogens is 2. The SMILES string of the molecule is C=CCN(Cc1cccs1)C(=O)c1ccc(=O)n(CCOc2ccccc2)n1.